The second kappa shape index (κ2) is 14.8. The zero-order chi connectivity index (χ0) is 30.1. The van der Waals surface area contributed by atoms with Gasteiger partial charge in [0.05, 0.1) is 24.2 Å². The summed E-state index contributed by atoms with van der Waals surface area (Å²) >= 11 is 6.05. The van der Waals surface area contributed by atoms with Crippen LogP contribution < -0.4 is 11.1 Å². The fourth-order valence-corrected chi connectivity index (χ4v) is 5.41. The number of nitrogens with zero attached hydrogens (tertiary/aromatic N) is 2. The number of halogens is 1. The van der Waals surface area contributed by atoms with Gasteiger partial charge in [-0.05, 0) is 52.2 Å². The summed E-state index contributed by atoms with van der Waals surface area (Å²) in [4.78, 5) is 43.6. The van der Waals surface area contributed by atoms with Gasteiger partial charge in [-0.3, -0.25) is 14.4 Å². The fourth-order valence-electron chi connectivity index (χ4n) is 5.34. The van der Waals surface area contributed by atoms with Crippen LogP contribution in [0.4, 0.5) is 0 Å². The van der Waals surface area contributed by atoms with E-state index in [-0.39, 0.29) is 30.9 Å². The minimum absolute atomic E-state index is 0.00491. The number of rotatable bonds is 9. The number of piperidine rings is 1. The van der Waals surface area contributed by atoms with Gasteiger partial charge in [-0.1, -0.05) is 67.4 Å². The smallest absolute Gasteiger partial charge is 0.247 e. The molecular formula is C31H47ClN4O4. The van der Waals surface area contributed by atoms with Gasteiger partial charge in [-0.15, -0.1) is 0 Å². The highest BCUT2D eigenvalue weighted by molar-refractivity contribution is 6.29. The molecule has 9 heteroatoms. The maximum Gasteiger partial charge on any atom is 0.247 e. The van der Waals surface area contributed by atoms with Crippen LogP contribution >= 0.6 is 11.6 Å². The lowest BCUT2D eigenvalue weighted by molar-refractivity contribution is -0.147. The average Bonchev–Trinajstić information content (AvgIpc) is 3.16. The highest BCUT2D eigenvalue weighted by Crippen LogP contribution is 2.47. The highest BCUT2D eigenvalue weighted by atomic mass is 35.5. The van der Waals surface area contributed by atoms with Crippen LogP contribution in [-0.2, 0) is 25.7 Å². The minimum Gasteiger partial charge on any atom is -0.374 e. The van der Waals surface area contributed by atoms with Gasteiger partial charge in [-0.25, -0.2) is 0 Å². The molecule has 0 saturated carbocycles. The number of benzene rings is 1. The van der Waals surface area contributed by atoms with Crippen molar-refractivity contribution in [1.82, 2.24) is 15.1 Å². The molecule has 3 amide bonds. The Labute approximate surface area is 244 Å². The van der Waals surface area contributed by atoms with Crippen LogP contribution in [0.15, 0.2) is 53.1 Å². The van der Waals surface area contributed by atoms with Gasteiger partial charge >= 0.3 is 0 Å². The van der Waals surface area contributed by atoms with Crippen molar-refractivity contribution in [3.8, 4) is 0 Å². The topological polar surface area (TPSA) is 105 Å². The summed E-state index contributed by atoms with van der Waals surface area (Å²) in [6, 6.07) is 8.71. The molecule has 222 valence electrons. The highest BCUT2D eigenvalue weighted by Gasteiger charge is 2.55. The van der Waals surface area contributed by atoms with E-state index < -0.39 is 22.9 Å². The third-order valence-electron chi connectivity index (χ3n) is 7.44. The molecule has 0 aliphatic carbocycles. The third-order valence-corrected chi connectivity index (χ3v) is 7.57. The molecule has 40 heavy (non-hydrogen) atoms. The van der Waals surface area contributed by atoms with Crippen LogP contribution in [0.1, 0.15) is 59.9 Å². The summed E-state index contributed by atoms with van der Waals surface area (Å²) in [5.41, 5.74) is 6.15. The zero-order valence-electron chi connectivity index (χ0n) is 25.1. The van der Waals surface area contributed by atoms with E-state index in [0.717, 1.165) is 11.1 Å². The average molecular weight is 575 g/mol. The number of amides is 3. The van der Waals surface area contributed by atoms with E-state index in [1.165, 1.54) is 0 Å². The Morgan fingerprint density at radius 2 is 1.88 bits per heavy atom. The van der Waals surface area contributed by atoms with Gasteiger partial charge in [0.1, 0.15) is 6.04 Å². The Bertz CT molecular complexity index is 1080. The number of carbonyl (C=O) groups is 3. The number of nitrogens with one attached hydrogen (secondary N) is 1. The van der Waals surface area contributed by atoms with Gasteiger partial charge in [0.15, 0.2) is 0 Å². The van der Waals surface area contributed by atoms with E-state index in [2.05, 4.69) is 5.32 Å². The maximum atomic E-state index is 13.8. The van der Waals surface area contributed by atoms with Crippen molar-refractivity contribution < 1.29 is 19.1 Å². The summed E-state index contributed by atoms with van der Waals surface area (Å²) in [6.07, 6.45) is 5.18. The molecule has 1 spiro atoms. The molecule has 8 nitrogen and oxygen atoms in total. The predicted octanol–water partition coefficient (Wildman–Crippen LogP) is 4.24. The number of carbonyl (C=O) groups excluding carboxylic acids is 3. The Morgan fingerprint density at radius 1 is 1.23 bits per heavy atom. The first-order valence-corrected chi connectivity index (χ1v) is 14.5. The van der Waals surface area contributed by atoms with Crippen molar-refractivity contribution in [2.75, 3.05) is 33.3 Å². The Morgan fingerprint density at radius 3 is 2.48 bits per heavy atom. The van der Waals surface area contributed by atoms with Crippen molar-refractivity contribution in [3.63, 3.8) is 0 Å². The molecule has 2 heterocycles. The van der Waals surface area contributed by atoms with Crippen LogP contribution in [0.2, 0.25) is 0 Å². The first-order valence-electron chi connectivity index (χ1n) is 14.1. The first kappa shape index (κ1) is 33.5. The van der Waals surface area contributed by atoms with Crippen molar-refractivity contribution in [1.29, 1.82) is 0 Å². The van der Waals surface area contributed by atoms with E-state index in [4.69, 9.17) is 22.1 Å². The summed E-state index contributed by atoms with van der Waals surface area (Å²) in [6.45, 7) is 12.7. The monoisotopic (exact) mass is 574 g/mol. The molecule has 2 aliphatic rings. The number of likely N-dealkylation sites (tertiary alicyclic amines) is 2. The largest absolute Gasteiger partial charge is 0.374 e. The Balaban J connectivity index is 0.00000274. The lowest BCUT2D eigenvalue weighted by Crippen LogP contribution is -2.60. The van der Waals surface area contributed by atoms with Crippen molar-refractivity contribution in [2.24, 2.45) is 17.1 Å². The molecule has 3 rings (SSSR count). The van der Waals surface area contributed by atoms with Gasteiger partial charge in [0.2, 0.25) is 17.7 Å². The fraction of sp³-hybridized carbons (Fsp3) is 0.581. The third kappa shape index (κ3) is 8.41. The van der Waals surface area contributed by atoms with Gasteiger partial charge in [0, 0.05) is 37.6 Å². The van der Waals surface area contributed by atoms with Gasteiger partial charge < -0.3 is 25.6 Å². The molecule has 2 fully saturated rings. The van der Waals surface area contributed by atoms with Crippen LogP contribution in [0.3, 0.4) is 0 Å². The Kier molecular flexibility index (Phi) is 12.4. The Hall–Kier alpha value is -2.68. The first-order chi connectivity index (χ1) is 18.8. The molecule has 0 aromatic heterocycles. The number of hydrogen-bond acceptors (Lipinski definition) is 5. The molecule has 2 saturated heterocycles. The number of nitrogens with two attached hydrogens (primary N) is 1. The normalized spacial score (nSPS) is 22.6. The molecule has 1 aromatic rings. The molecule has 3 N–H and O–H groups in total. The molecule has 3 unspecified atom stereocenters. The van der Waals surface area contributed by atoms with Crippen LogP contribution in [0, 0.1) is 11.3 Å². The van der Waals surface area contributed by atoms with E-state index in [1.54, 1.807) is 23.6 Å². The van der Waals surface area contributed by atoms with Crippen molar-refractivity contribution in [2.45, 2.75) is 72.6 Å². The summed E-state index contributed by atoms with van der Waals surface area (Å²) in [5.74, 6) is -0.715. The predicted molar refractivity (Wildman–Crippen MR) is 160 cm³/mol. The van der Waals surface area contributed by atoms with E-state index in [0.29, 0.717) is 37.6 Å². The van der Waals surface area contributed by atoms with Gasteiger partial charge in [0.25, 0.3) is 0 Å². The van der Waals surface area contributed by atoms with Gasteiger partial charge in [-0.2, -0.15) is 0 Å². The number of hydrogen-bond donors (Lipinski definition) is 2. The molecule has 1 aromatic carbocycles. The second-order valence-electron chi connectivity index (χ2n) is 11.2. The number of allylic oxidation sites excluding steroid dienone is 3. The lowest BCUT2D eigenvalue weighted by atomic mass is 9.69. The lowest BCUT2D eigenvalue weighted by Gasteiger charge is -2.43. The molecule has 2 aliphatic heterocycles. The van der Waals surface area contributed by atoms with E-state index in [9.17, 15) is 14.4 Å². The summed E-state index contributed by atoms with van der Waals surface area (Å²) in [5, 5.41) is 3.46. The van der Waals surface area contributed by atoms with Crippen LogP contribution in [-0.4, -0.2) is 72.4 Å². The number of ether oxygens (including phenoxy) is 1. The van der Waals surface area contributed by atoms with E-state index in [1.807, 2.05) is 77.2 Å². The molecular weight excluding hydrogens is 528 g/mol. The standard InChI is InChI=1S/C29H41ClN4O4.C2H6/c1-20(12-13-21(2)30)23-16-33(5)27(37)29(23)14-9-15-34(19-29)25(35)24(32-26(36)28(3,4)31)18-38-17-22-10-7-6-8-11-22;1-2/h6-8,10-13,23-24H,9,14-19,31H2,1-5H3,(H,32,36);1-2H3/b20-12+,21-13+;. The SMILES string of the molecule is C/C(Cl)=C\C=C(/C)C1CN(C)C(=O)C12CCCN(C(=O)C(COCc1ccccc1)NC(=O)C(C)(C)N)C2.CC. The van der Waals surface area contributed by atoms with Crippen molar-refractivity contribution in [3.05, 3.63) is 58.7 Å². The summed E-state index contributed by atoms with van der Waals surface area (Å²) in [7, 11) is 1.81. The zero-order valence-corrected chi connectivity index (χ0v) is 25.9. The minimum atomic E-state index is -1.16. The van der Waals surface area contributed by atoms with Crippen molar-refractivity contribution >= 4 is 29.3 Å². The summed E-state index contributed by atoms with van der Waals surface area (Å²) < 4.78 is 5.87. The molecule has 3 atom stereocenters. The molecule has 0 bridgehead atoms. The quantitative estimate of drug-likeness (QED) is 0.429. The van der Waals surface area contributed by atoms with Crippen LogP contribution in [0.5, 0.6) is 0 Å². The molecule has 0 radical (unpaired) electrons. The van der Waals surface area contributed by atoms with E-state index >= 15 is 0 Å². The van der Waals surface area contributed by atoms with Crippen LogP contribution in [0.25, 0.3) is 0 Å². The second-order valence-corrected chi connectivity index (χ2v) is 11.8. The maximum absolute atomic E-state index is 13.8.